The Labute approximate surface area is 165 Å². The van der Waals surface area contributed by atoms with Crippen LogP contribution in [0.3, 0.4) is 0 Å². The van der Waals surface area contributed by atoms with Crippen molar-refractivity contribution in [1.29, 1.82) is 0 Å². The molecule has 0 aromatic rings. The van der Waals surface area contributed by atoms with Gasteiger partial charge in [-0.25, -0.2) is 19.4 Å². The zero-order valence-electron chi connectivity index (χ0n) is 17.0. The molecule has 0 saturated heterocycles. The van der Waals surface area contributed by atoms with Crippen LogP contribution in [-0.2, 0) is 29.7 Å². The summed E-state index contributed by atoms with van der Waals surface area (Å²) in [4.78, 5) is 31.9. The highest BCUT2D eigenvalue weighted by Gasteiger charge is 2.18. The third kappa shape index (κ3) is 15.4. The summed E-state index contributed by atoms with van der Waals surface area (Å²) in [6.07, 6.45) is 13.6. The largest absolute Gasteiger partial charge is 0.397 e. The highest BCUT2D eigenvalue weighted by molar-refractivity contribution is 7.74. The lowest BCUT2D eigenvalue weighted by Crippen LogP contribution is -2.20. The van der Waals surface area contributed by atoms with E-state index in [1.165, 1.54) is 19.3 Å². The molecule has 7 heteroatoms. The lowest BCUT2D eigenvalue weighted by atomic mass is 10.1. The molecule has 0 radical (unpaired) electrons. The first-order chi connectivity index (χ1) is 13.0. The molecule has 0 bridgehead atoms. The van der Waals surface area contributed by atoms with E-state index in [-0.39, 0.29) is 17.7 Å². The van der Waals surface area contributed by atoms with Crippen LogP contribution < -0.4 is 0 Å². The van der Waals surface area contributed by atoms with Crippen molar-refractivity contribution in [3.05, 3.63) is 0 Å². The third-order valence-corrected chi connectivity index (χ3v) is 5.15. The quantitative estimate of drug-likeness (QED) is 0.157. The minimum atomic E-state index is -2.67. The van der Waals surface area contributed by atoms with Gasteiger partial charge in [-0.2, -0.15) is 8.42 Å². The van der Waals surface area contributed by atoms with Crippen molar-refractivity contribution in [3.63, 3.8) is 0 Å². The van der Waals surface area contributed by atoms with E-state index >= 15 is 0 Å². The van der Waals surface area contributed by atoms with E-state index in [4.69, 9.17) is 0 Å². The number of rotatable bonds is 16. The maximum absolute atomic E-state index is 11.8. The molecule has 0 aliphatic rings. The molecule has 27 heavy (non-hydrogen) atoms. The van der Waals surface area contributed by atoms with Crippen LogP contribution in [0.5, 0.6) is 0 Å². The second-order valence-corrected chi connectivity index (χ2v) is 7.84. The first-order valence-electron chi connectivity index (χ1n) is 10.4. The molecule has 0 amide bonds. The van der Waals surface area contributed by atoms with E-state index in [1.54, 1.807) is 0 Å². The van der Waals surface area contributed by atoms with Gasteiger partial charge in [-0.15, -0.1) is 0 Å². The predicted molar refractivity (Wildman–Crippen MR) is 107 cm³/mol. The minimum Gasteiger partial charge on any atom is -0.247 e. The van der Waals surface area contributed by atoms with Crippen molar-refractivity contribution in [3.8, 4) is 0 Å². The molecular weight excluding hydrogens is 368 g/mol. The summed E-state index contributed by atoms with van der Waals surface area (Å²) in [6.45, 7) is 4.29. The maximum Gasteiger partial charge on any atom is 0.397 e. The van der Waals surface area contributed by atoms with Gasteiger partial charge in [0.2, 0.25) is 10.3 Å². The Morgan fingerprint density at radius 3 is 1.56 bits per heavy atom. The molecule has 158 valence electrons. The van der Waals surface area contributed by atoms with Gasteiger partial charge < -0.3 is 0 Å². The summed E-state index contributed by atoms with van der Waals surface area (Å²) in [7, 11) is -2.67. The first-order valence-corrected chi connectivity index (χ1v) is 11.5. The average molecular weight is 405 g/mol. The molecule has 0 saturated carbocycles. The van der Waals surface area contributed by atoms with Gasteiger partial charge in [0.15, 0.2) is 4.86 Å². The van der Waals surface area contributed by atoms with Crippen molar-refractivity contribution in [1.82, 2.24) is 0 Å². The summed E-state index contributed by atoms with van der Waals surface area (Å²) in [5.41, 5.74) is 0. The van der Waals surface area contributed by atoms with Gasteiger partial charge in [-0.05, 0) is 19.3 Å². The van der Waals surface area contributed by atoms with Gasteiger partial charge in [0.05, 0.1) is 6.42 Å². The maximum atomic E-state index is 11.8. The summed E-state index contributed by atoms with van der Waals surface area (Å²) in [5.74, 6) is -1.74. The van der Waals surface area contributed by atoms with Crippen LogP contribution in [0, 0.1) is 0 Å². The predicted octanol–water partition coefficient (Wildman–Crippen LogP) is 4.93. The van der Waals surface area contributed by atoms with E-state index in [0.29, 0.717) is 12.8 Å². The molecule has 0 atom stereocenters. The molecule has 6 nitrogen and oxygen atoms in total. The molecule has 0 rings (SSSR count). The molecule has 0 fully saturated rings. The Morgan fingerprint density at radius 1 is 0.630 bits per heavy atom. The van der Waals surface area contributed by atoms with E-state index in [1.807, 2.05) is 0 Å². The Bertz CT molecular complexity index is 531. The van der Waals surface area contributed by atoms with Crippen molar-refractivity contribution >= 4 is 27.1 Å². The topological polar surface area (TPSA) is 86.7 Å². The van der Waals surface area contributed by atoms with Crippen LogP contribution in [0.15, 0.2) is 0 Å². The number of carbonyl (C=O) groups is 2. The fourth-order valence-electron chi connectivity index (χ4n) is 2.72. The lowest BCUT2D eigenvalue weighted by Gasteiger charge is -2.04. The second-order valence-electron chi connectivity index (χ2n) is 6.87. The molecular formula is C20H36O6S. The van der Waals surface area contributed by atoms with E-state index in [9.17, 15) is 18.0 Å². The number of carbonyl (C=O) groups excluding carboxylic acids is 2. The zero-order valence-corrected chi connectivity index (χ0v) is 17.8. The van der Waals surface area contributed by atoms with Gasteiger partial charge in [0, 0.05) is 0 Å². The van der Waals surface area contributed by atoms with Crippen LogP contribution in [0.1, 0.15) is 110 Å². The fraction of sp³-hybridized carbons (Fsp3) is 0.850. The second kappa shape index (κ2) is 18.0. The third-order valence-electron chi connectivity index (χ3n) is 4.38. The lowest BCUT2D eigenvalue weighted by molar-refractivity contribution is -0.253. The number of hydrogen-bond donors (Lipinski definition) is 0. The van der Waals surface area contributed by atoms with Crippen molar-refractivity contribution < 1.29 is 27.8 Å². The van der Waals surface area contributed by atoms with E-state index in [2.05, 4.69) is 23.6 Å². The normalized spacial score (nSPS) is 10.4. The highest BCUT2D eigenvalue weighted by atomic mass is 32.2. The molecule has 0 spiro atoms. The molecule has 0 aromatic carbocycles. The van der Waals surface area contributed by atoms with E-state index in [0.717, 1.165) is 51.4 Å². The van der Waals surface area contributed by atoms with Crippen molar-refractivity contribution in [2.24, 2.45) is 0 Å². The average Bonchev–Trinajstić information content (AvgIpc) is 2.64. The summed E-state index contributed by atoms with van der Waals surface area (Å²) < 4.78 is 22.4. The van der Waals surface area contributed by atoms with Crippen LogP contribution in [0.2, 0.25) is 0 Å². The first kappa shape index (κ1) is 25.6. The van der Waals surface area contributed by atoms with Gasteiger partial charge in [-0.3, -0.25) is 0 Å². The highest BCUT2D eigenvalue weighted by Crippen LogP contribution is 2.10. The molecule has 0 unspecified atom stereocenters. The Hall–Kier alpha value is -1.37. The number of unbranched alkanes of at least 4 members (excludes halogenated alkanes) is 11. The van der Waals surface area contributed by atoms with Gasteiger partial charge in [0.1, 0.15) is 0 Å². The fourth-order valence-corrected chi connectivity index (χ4v) is 3.20. The zero-order chi connectivity index (χ0) is 20.3. The monoisotopic (exact) mass is 404 g/mol. The van der Waals surface area contributed by atoms with Crippen molar-refractivity contribution in [2.45, 2.75) is 110 Å². The van der Waals surface area contributed by atoms with Crippen LogP contribution >= 0.6 is 0 Å². The Kier molecular flexibility index (Phi) is 17.1. The smallest absolute Gasteiger partial charge is 0.247 e. The van der Waals surface area contributed by atoms with Gasteiger partial charge in [0.25, 0.3) is 0 Å². The Balaban J connectivity index is 3.96. The SMILES string of the molecule is CCCCCCCCCC(=O)OOC(=O)C(CCCCCCCC)=S(=O)=O. The van der Waals surface area contributed by atoms with Crippen LogP contribution in [0.4, 0.5) is 0 Å². The summed E-state index contributed by atoms with van der Waals surface area (Å²) in [6, 6.07) is 0. The van der Waals surface area contributed by atoms with Crippen molar-refractivity contribution in [2.75, 3.05) is 0 Å². The summed E-state index contributed by atoms with van der Waals surface area (Å²) in [5, 5.41) is 0. The molecule has 0 aromatic heterocycles. The summed E-state index contributed by atoms with van der Waals surface area (Å²) >= 11 is 0. The standard InChI is InChI=1S/C20H36O6S/c1-3-5-7-9-11-13-15-17-19(21)25-26-20(22)18(27(23)24)16-14-12-10-8-6-4-2/h3-17H2,1-2H3. The van der Waals surface area contributed by atoms with E-state index < -0.39 is 22.2 Å². The van der Waals surface area contributed by atoms with Gasteiger partial charge in [-0.1, -0.05) is 84.5 Å². The molecule has 0 aliphatic carbocycles. The van der Waals surface area contributed by atoms with Crippen LogP contribution in [0.25, 0.3) is 0 Å². The number of hydrogen-bond acceptors (Lipinski definition) is 6. The minimum absolute atomic E-state index is 0.108. The molecule has 0 aliphatic heterocycles. The molecule has 0 N–H and O–H groups in total. The van der Waals surface area contributed by atoms with Crippen LogP contribution in [-0.4, -0.2) is 25.2 Å². The molecule has 0 heterocycles. The Morgan fingerprint density at radius 2 is 1.07 bits per heavy atom. The van der Waals surface area contributed by atoms with Gasteiger partial charge >= 0.3 is 11.9 Å².